The first-order chi connectivity index (χ1) is 19.3. The maximum Gasteiger partial charge on any atom is 0.266 e. The standard InChI is InChI=1S/C31H25Cl2N3O3S/c1-19-26(18-34-14-16-35(17-15-34)23-12-10-22(33)11-13-23)27(28(37)20-6-8-21(32)9-7-20)31(40-19)36-29(38)24-4-2-3-5-25(24)30(36)39/h2-13H,14-18H2,1H3. The van der Waals surface area contributed by atoms with Crippen molar-refractivity contribution in [2.45, 2.75) is 13.5 Å². The summed E-state index contributed by atoms with van der Waals surface area (Å²) in [4.78, 5) is 47.6. The maximum atomic E-state index is 14.0. The van der Waals surface area contributed by atoms with E-state index < -0.39 is 11.8 Å². The number of fused-ring (bicyclic) bond motifs is 1. The van der Waals surface area contributed by atoms with Crippen LogP contribution in [0.1, 0.15) is 47.1 Å². The largest absolute Gasteiger partial charge is 0.369 e. The van der Waals surface area contributed by atoms with Crippen molar-refractivity contribution in [3.63, 3.8) is 0 Å². The first-order valence-corrected chi connectivity index (χ1v) is 14.5. The third-order valence-corrected chi connectivity index (χ3v) is 9.10. The number of carbonyl (C=O) groups is 3. The molecular weight excluding hydrogens is 565 g/mol. The van der Waals surface area contributed by atoms with Gasteiger partial charge in [-0.05, 0) is 73.2 Å². The Kier molecular flexibility index (Phi) is 7.23. The van der Waals surface area contributed by atoms with Crippen LogP contribution in [0.4, 0.5) is 10.7 Å². The van der Waals surface area contributed by atoms with E-state index >= 15 is 0 Å². The Labute approximate surface area is 246 Å². The molecule has 0 saturated carbocycles. The van der Waals surface area contributed by atoms with E-state index in [1.807, 2.05) is 31.2 Å². The number of ketones is 1. The second-order valence-electron chi connectivity index (χ2n) is 9.88. The molecule has 40 heavy (non-hydrogen) atoms. The molecule has 2 aliphatic rings. The molecule has 1 aromatic heterocycles. The zero-order chi connectivity index (χ0) is 28.0. The molecule has 4 aromatic rings. The van der Waals surface area contributed by atoms with Crippen LogP contribution >= 0.6 is 34.5 Å². The highest BCUT2D eigenvalue weighted by Crippen LogP contribution is 2.41. The van der Waals surface area contributed by atoms with Crippen LogP contribution in [-0.4, -0.2) is 48.7 Å². The fourth-order valence-electron chi connectivity index (χ4n) is 5.30. The number of piperazine rings is 1. The molecule has 1 fully saturated rings. The van der Waals surface area contributed by atoms with Gasteiger partial charge in [-0.15, -0.1) is 11.3 Å². The highest BCUT2D eigenvalue weighted by atomic mass is 35.5. The third-order valence-electron chi connectivity index (χ3n) is 7.47. The van der Waals surface area contributed by atoms with Crippen LogP contribution in [0.3, 0.4) is 0 Å². The number of carbonyl (C=O) groups excluding carboxylic acids is 3. The molecule has 0 bridgehead atoms. The van der Waals surface area contributed by atoms with E-state index in [2.05, 4.69) is 9.80 Å². The molecule has 9 heteroatoms. The molecule has 6 nitrogen and oxygen atoms in total. The van der Waals surface area contributed by atoms with E-state index in [-0.39, 0.29) is 5.78 Å². The predicted molar refractivity (Wildman–Crippen MR) is 160 cm³/mol. The maximum absolute atomic E-state index is 14.0. The number of hydrogen-bond acceptors (Lipinski definition) is 6. The van der Waals surface area contributed by atoms with Crippen molar-refractivity contribution < 1.29 is 14.4 Å². The van der Waals surface area contributed by atoms with E-state index in [9.17, 15) is 14.4 Å². The lowest BCUT2D eigenvalue weighted by atomic mass is 9.99. The average Bonchev–Trinajstić information content (AvgIpc) is 3.41. The fourth-order valence-corrected chi connectivity index (χ4v) is 6.71. The zero-order valence-electron chi connectivity index (χ0n) is 21.7. The van der Waals surface area contributed by atoms with Gasteiger partial charge in [-0.1, -0.05) is 35.3 Å². The number of halogens is 2. The highest BCUT2D eigenvalue weighted by molar-refractivity contribution is 7.17. The van der Waals surface area contributed by atoms with Gasteiger partial charge in [0.25, 0.3) is 11.8 Å². The monoisotopic (exact) mass is 589 g/mol. The van der Waals surface area contributed by atoms with Gasteiger partial charge in [-0.3, -0.25) is 19.3 Å². The van der Waals surface area contributed by atoms with Crippen molar-refractivity contribution in [2.75, 3.05) is 36.0 Å². The molecule has 0 spiro atoms. The van der Waals surface area contributed by atoms with Crippen LogP contribution < -0.4 is 9.80 Å². The lowest BCUT2D eigenvalue weighted by molar-refractivity contribution is 0.0927. The SMILES string of the molecule is Cc1sc(N2C(=O)c3ccccc3C2=O)c(C(=O)c2ccc(Cl)cc2)c1CN1CCN(c2ccc(Cl)cc2)CC1. The van der Waals surface area contributed by atoms with Crippen LogP contribution in [0.15, 0.2) is 72.8 Å². The number of amides is 2. The average molecular weight is 591 g/mol. The summed E-state index contributed by atoms with van der Waals surface area (Å²) in [5.41, 5.74) is 3.53. The third kappa shape index (κ3) is 4.84. The van der Waals surface area contributed by atoms with Crippen molar-refractivity contribution >= 4 is 62.8 Å². The fraction of sp³-hybridized carbons (Fsp3) is 0.194. The van der Waals surface area contributed by atoms with Gasteiger partial charge in [0.2, 0.25) is 0 Å². The molecule has 2 aliphatic heterocycles. The van der Waals surface area contributed by atoms with E-state index in [0.29, 0.717) is 43.8 Å². The Bertz CT molecular complexity index is 1590. The van der Waals surface area contributed by atoms with Crippen LogP contribution in [0.2, 0.25) is 10.0 Å². The van der Waals surface area contributed by atoms with Crippen LogP contribution in [0.25, 0.3) is 0 Å². The van der Waals surface area contributed by atoms with Crippen molar-refractivity contribution in [2.24, 2.45) is 0 Å². The van der Waals surface area contributed by atoms with Crippen molar-refractivity contribution in [1.82, 2.24) is 4.90 Å². The minimum absolute atomic E-state index is 0.234. The van der Waals surface area contributed by atoms with E-state index in [0.717, 1.165) is 42.3 Å². The van der Waals surface area contributed by atoms with Gasteiger partial charge in [0, 0.05) is 58.9 Å². The normalized spacial score (nSPS) is 15.6. The summed E-state index contributed by atoms with van der Waals surface area (Å²) in [5.74, 6) is -1.05. The summed E-state index contributed by atoms with van der Waals surface area (Å²) in [6.07, 6.45) is 0. The van der Waals surface area contributed by atoms with Gasteiger partial charge in [0.15, 0.2) is 5.78 Å². The summed E-state index contributed by atoms with van der Waals surface area (Å²) in [6, 6.07) is 21.3. The van der Waals surface area contributed by atoms with E-state index in [4.69, 9.17) is 23.2 Å². The molecule has 202 valence electrons. The van der Waals surface area contributed by atoms with E-state index in [1.165, 1.54) is 16.2 Å². The summed E-state index contributed by atoms with van der Waals surface area (Å²) in [6.45, 7) is 5.75. The van der Waals surface area contributed by atoms with Gasteiger partial charge < -0.3 is 4.90 Å². The number of thiophene rings is 1. The molecule has 3 aromatic carbocycles. The number of benzene rings is 3. The summed E-state index contributed by atoms with van der Waals surface area (Å²) >= 11 is 13.5. The van der Waals surface area contributed by atoms with E-state index in [1.54, 1.807) is 48.5 Å². The Morgan fingerprint density at radius 2 is 1.35 bits per heavy atom. The molecule has 0 unspecified atom stereocenters. The Balaban J connectivity index is 1.34. The molecule has 0 N–H and O–H groups in total. The topological polar surface area (TPSA) is 60.9 Å². The lowest BCUT2D eigenvalue weighted by Crippen LogP contribution is -2.46. The second-order valence-corrected chi connectivity index (χ2v) is 12.0. The summed E-state index contributed by atoms with van der Waals surface area (Å²) in [7, 11) is 0. The molecule has 0 aliphatic carbocycles. The lowest BCUT2D eigenvalue weighted by Gasteiger charge is -2.36. The molecule has 2 amide bonds. The summed E-state index contributed by atoms with van der Waals surface area (Å²) < 4.78 is 0. The number of nitrogens with zero attached hydrogens (tertiary/aromatic N) is 3. The number of anilines is 2. The number of aryl methyl sites for hydroxylation is 1. The van der Waals surface area contributed by atoms with Crippen molar-refractivity contribution in [3.05, 3.63) is 116 Å². The second kappa shape index (κ2) is 10.8. The molecule has 6 rings (SSSR count). The van der Waals surface area contributed by atoms with Crippen LogP contribution in [-0.2, 0) is 6.54 Å². The Morgan fingerprint density at radius 1 is 0.800 bits per heavy atom. The van der Waals surface area contributed by atoms with Gasteiger partial charge in [0.05, 0.1) is 16.7 Å². The predicted octanol–water partition coefficient (Wildman–Crippen LogP) is 6.72. The molecule has 1 saturated heterocycles. The van der Waals surface area contributed by atoms with Gasteiger partial charge in [0.1, 0.15) is 5.00 Å². The highest BCUT2D eigenvalue weighted by Gasteiger charge is 2.40. The van der Waals surface area contributed by atoms with Crippen LogP contribution in [0.5, 0.6) is 0 Å². The van der Waals surface area contributed by atoms with Crippen molar-refractivity contribution in [1.29, 1.82) is 0 Å². The minimum atomic E-state index is -0.407. The Hall–Kier alpha value is -3.49. The van der Waals surface area contributed by atoms with Gasteiger partial charge in [-0.2, -0.15) is 0 Å². The molecule has 0 radical (unpaired) electrons. The summed E-state index contributed by atoms with van der Waals surface area (Å²) in [5, 5.41) is 1.61. The van der Waals surface area contributed by atoms with Gasteiger partial charge >= 0.3 is 0 Å². The first-order valence-electron chi connectivity index (χ1n) is 12.9. The molecule has 3 heterocycles. The molecular formula is C31H25Cl2N3O3S. The van der Waals surface area contributed by atoms with Crippen molar-refractivity contribution in [3.8, 4) is 0 Å². The van der Waals surface area contributed by atoms with Gasteiger partial charge in [-0.25, -0.2) is 4.90 Å². The number of hydrogen-bond donors (Lipinski definition) is 0. The number of imide groups is 1. The first kappa shape index (κ1) is 26.7. The quantitative estimate of drug-likeness (QED) is 0.184. The van der Waals surface area contributed by atoms with Crippen LogP contribution in [0, 0.1) is 6.92 Å². The Morgan fingerprint density at radius 3 is 1.93 bits per heavy atom. The zero-order valence-corrected chi connectivity index (χ0v) is 24.0. The smallest absolute Gasteiger partial charge is 0.266 e. The minimum Gasteiger partial charge on any atom is -0.369 e. The number of rotatable bonds is 6. The molecule has 0 atom stereocenters.